The Morgan fingerprint density at radius 1 is 1.11 bits per heavy atom. The van der Waals surface area contributed by atoms with Crippen LogP contribution in [-0.4, -0.2) is 46.5 Å². The summed E-state index contributed by atoms with van der Waals surface area (Å²) >= 11 is 1.40. The predicted molar refractivity (Wildman–Crippen MR) is 75.8 cm³/mol. The lowest BCUT2D eigenvalue weighted by molar-refractivity contribution is -0.136. The minimum Gasteiger partial charge on any atom is -0.481 e. The fourth-order valence-corrected chi connectivity index (χ4v) is 2.39. The zero-order valence-corrected chi connectivity index (χ0v) is 12.6. The smallest absolute Gasteiger partial charge is 0.304 e. The first kappa shape index (κ1) is 17.3. The Labute approximate surface area is 114 Å². The molecular weight excluding hydrogens is 250 g/mol. The predicted octanol–water partition coefficient (Wildman–Crippen LogP) is 2.33. The van der Waals surface area contributed by atoms with Gasteiger partial charge in [-0.15, -0.1) is 0 Å². The van der Waals surface area contributed by atoms with Gasteiger partial charge in [0.25, 0.3) is 0 Å². The van der Waals surface area contributed by atoms with Crippen molar-refractivity contribution in [3.63, 3.8) is 0 Å². The van der Waals surface area contributed by atoms with Crippen LogP contribution in [0.4, 0.5) is 0 Å². The molecule has 0 heterocycles. The summed E-state index contributed by atoms with van der Waals surface area (Å²) in [5, 5.41) is 8.52. The van der Waals surface area contributed by atoms with Crippen molar-refractivity contribution in [3.8, 4) is 0 Å². The number of carbonyl (C=O) groups excluding carboxylic acids is 1. The average Bonchev–Trinajstić information content (AvgIpc) is 2.21. The number of thioether (sulfide) groups is 1. The van der Waals surface area contributed by atoms with Crippen molar-refractivity contribution < 1.29 is 14.7 Å². The summed E-state index contributed by atoms with van der Waals surface area (Å²) in [5.74, 6) is 1.10. The molecule has 0 fully saturated rings. The molecule has 0 aromatic rings. The van der Waals surface area contributed by atoms with Gasteiger partial charge in [0.15, 0.2) is 0 Å². The van der Waals surface area contributed by atoms with Crippen LogP contribution in [0.1, 0.15) is 34.1 Å². The molecule has 0 aromatic carbocycles. The molecule has 0 aromatic heterocycles. The van der Waals surface area contributed by atoms with E-state index in [1.165, 1.54) is 11.8 Å². The van der Waals surface area contributed by atoms with Crippen LogP contribution in [0.5, 0.6) is 0 Å². The van der Waals surface area contributed by atoms with Gasteiger partial charge in [-0.3, -0.25) is 9.59 Å². The Balaban J connectivity index is 4.08. The van der Waals surface area contributed by atoms with Gasteiger partial charge in [0.05, 0.1) is 12.2 Å². The number of nitrogens with zero attached hydrogens (tertiary/aromatic N) is 1. The monoisotopic (exact) mass is 275 g/mol. The lowest BCUT2D eigenvalue weighted by Crippen LogP contribution is -2.38. The highest BCUT2D eigenvalue weighted by Crippen LogP contribution is 2.09. The Morgan fingerprint density at radius 3 is 2.00 bits per heavy atom. The van der Waals surface area contributed by atoms with E-state index in [0.29, 0.717) is 23.3 Å². The highest BCUT2D eigenvalue weighted by molar-refractivity contribution is 7.99. The van der Waals surface area contributed by atoms with E-state index in [2.05, 4.69) is 27.7 Å². The Kier molecular flexibility index (Phi) is 8.89. The van der Waals surface area contributed by atoms with Gasteiger partial charge in [0.2, 0.25) is 5.91 Å². The number of hydrogen-bond acceptors (Lipinski definition) is 3. The third kappa shape index (κ3) is 9.33. The summed E-state index contributed by atoms with van der Waals surface area (Å²) in [6, 6.07) is 0. The fraction of sp³-hybridized carbons (Fsp3) is 0.846. The topological polar surface area (TPSA) is 57.6 Å². The maximum atomic E-state index is 12.0. The zero-order chi connectivity index (χ0) is 14.1. The molecule has 18 heavy (non-hydrogen) atoms. The second-order valence-corrected chi connectivity index (χ2v) is 6.39. The molecule has 0 radical (unpaired) electrons. The fourth-order valence-electron chi connectivity index (χ4n) is 1.57. The number of carbonyl (C=O) groups is 2. The first-order chi connectivity index (χ1) is 8.32. The van der Waals surface area contributed by atoms with Crippen molar-refractivity contribution in [3.05, 3.63) is 0 Å². The zero-order valence-electron chi connectivity index (χ0n) is 11.8. The van der Waals surface area contributed by atoms with E-state index in [-0.39, 0.29) is 12.3 Å². The van der Waals surface area contributed by atoms with Gasteiger partial charge in [0.1, 0.15) is 0 Å². The Hall–Kier alpha value is -0.710. The van der Waals surface area contributed by atoms with Crippen molar-refractivity contribution in [2.75, 3.05) is 24.6 Å². The molecule has 0 saturated carbocycles. The van der Waals surface area contributed by atoms with Crippen LogP contribution in [0, 0.1) is 11.8 Å². The maximum absolute atomic E-state index is 12.0. The molecule has 0 rings (SSSR count). The van der Waals surface area contributed by atoms with Crippen LogP contribution in [0.2, 0.25) is 0 Å². The number of carboxylic acids is 1. The highest BCUT2D eigenvalue weighted by Gasteiger charge is 2.16. The van der Waals surface area contributed by atoms with Gasteiger partial charge in [-0.1, -0.05) is 27.7 Å². The van der Waals surface area contributed by atoms with Crippen LogP contribution >= 0.6 is 11.8 Å². The first-order valence-electron chi connectivity index (χ1n) is 6.40. The second kappa shape index (κ2) is 9.25. The molecule has 0 atom stereocenters. The third-order valence-electron chi connectivity index (χ3n) is 2.21. The molecule has 0 bridgehead atoms. The molecule has 0 aliphatic rings. The van der Waals surface area contributed by atoms with Crippen molar-refractivity contribution >= 4 is 23.6 Å². The lowest BCUT2D eigenvalue weighted by atomic mass is 10.1. The number of amides is 1. The minimum absolute atomic E-state index is 0.117. The highest BCUT2D eigenvalue weighted by atomic mass is 32.2. The van der Waals surface area contributed by atoms with E-state index >= 15 is 0 Å². The summed E-state index contributed by atoms with van der Waals surface area (Å²) < 4.78 is 0. The van der Waals surface area contributed by atoms with Crippen molar-refractivity contribution in [1.82, 2.24) is 4.90 Å². The molecule has 0 unspecified atom stereocenters. The number of carboxylic acid groups (broad SMARTS) is 1. The van der Waals surface area contributed by atoms with E-state index < -0.39 is 5.97 Å². The van der Waals surface area contributed by atoms with Crippen LogP contribution in [-0.2, 0) is 9.59 Å². The van der Waals surface area contributed by atoms with E-state index in [1.54, 1.807) is 0 Å². The van der Waals surface area contributed by atoms with Crippen molar-refractivity contribution in [2.24, 2.45) is 11.8 Å². The van der Waals surface area contributed by atoms with Gasteiger partial charge in [-0.25, -0.2) is 0 Å². The van der Waals surface area contributed by atoms with Crippen molar-refractivity contribution in [1.29, 1.82) is 0 Å². The quantitative estimate of drug-likeness (QED) is 0.656. The molecule has 0 aliphatic carbocycles. The molecule has 4 nitrogen and oxygen atoms in total. The van der Waals surface area contributed by atoms with E-state index in [4.69, 9.17) is 5.11 Å². The molecule has 5 heteroatoms. The molecular formula is C13H25NO3S. The number of aliphatic carboxylic acids is 1. The van der Waals surface area contributed by atoms with Crippen LogP contribution in [0.15, 0.2) is 0 Å². The van der Waals surface area contributed by atoms with Gasteiger partial charge in [-0.2, -0.15) is 11.8 Å². The van der Waals surface area contributed by atoms with E-state index in [9.17, 15) is 9.59 Å². The molecule has 1 N–H and O–H groups in total. The van der Waals surface area contributed by atoms with E-state index in [1.807, 2.05) is 4.90 Å². The summed E-state index contributed by atoms with van der Waals surface area (Å²) in [5.41, 5.74) is 0. The standard InChI is InChI=1S/C13H25NO3S/c1-10(2)7-14(8-11(3)4)12(15)9-18-6-5-13(16)17/h10-11H,5-9H2,1-4H3,(H,16,17). The van der Waals surface area contributed by atoms with Crippen LogP contribution in [0.3, 0.4) is 0 Å². The Bertz CT molecular complexity index is 257. The molecule has 0 spiro atoms. The average molecular weight is 275 g/mol. The maximum Gasteiger partial charge on any atom is 0.304 e. The minimum atomic E-state index is -0.809. The Morgan fingerprint density at radius 2 is 1.61 bits per heavy atom. The number of rotatable bonds is 9. The van der Waals surface area contributed by atoms with Gasteiger partial charge < -0.3 is 10.0 Å². The summed E-state index contributed by atoms with van der Waals surface area (Å²) in [7, 11) is 0. The molecule has 0 aliphatic heterocycles. The first-order valence-corrected chi connectivity index (χ1v) is 7.55. The van der Waals surface area contributed by atoms with Crippen molar-refractivity contribution in [2.45, 2.75) is 34.1 Å². The third-order valence-corrected chi connectivity index (χ3v) is 3.15. The summed E-state index contributed by atoms with van der Waals surface area (Å²) in [6.45, 7) is 9.93. The SMILES string of the molecule is CC(C)CN(CC(C)C)C(=O)CSCCC(=O)O. The molecule has 1 amide bonds. The number of hydrogen-bond donors (Lipinski definition) is 1. The largest absolute Gasteiger partial charge is 0.481 e. The van der Waals surface area contributed by atoms with Crippen LogP contribution < -0.4 is 0 Å². The van der Waals surface area contributed by atoms with Gasteiger partial charge in [0, 0.05) is 18.8 Å². The summed E-state index contributed by atoms with van der Waals surface area (Å²) in [6.07, 6.45) is 0.117. The van der Waals surface area contributed by atoms with Gasteiger partial charge in [-0.05, 0) is 11.8 Å². The summed E-state index contributed by atoms with van der Waals surface area (Å²) in [4.78, 5) is 24.3. The normalized spacial score (nSPS) is 11.0. The van der Waals surface area contributed by atoms with E-state index in [0.717, 1.165) is 13.1 Å². The lowest BCUT2D eigenvalue weighted by Gasteiger charge is -2.26. The molecule has 106 valence electrons. The second-order valence-electron chi connectivity index (χ2n) is 5.28. The van der Waals surface area contributed by atoms with Crippen LogP contribution in [0.25, 0.3) is 0 Å². The molecule has 0 saturated heterocycles. The van der Waals surface area contributed by atoms with Gasteiger partial charge >= 0.3 is 5.97 Å².